The molecule has 0 aromatic heterocycles. The van der Waals surface area contributed by atoms with Crippen LogP contribution in [-0.2, 0) is 20.8 Å². The van der Waals surface area contributed by atoms with E-state index < -0.39 is 58.0 Å². The van der Waals surface area contributed by atoms with E-state index in [2.05, 4.69) is 6.58 Å². The number of phenols is 1. The van der Waals surface area contributed by atoms with Gasteiger partial charge in [-0.05, 0) is 56.1 Å². The molecule has 0 heterocycles. The second-order valence-corrected chi connectivity index (χ2v) is 9.31. The fourth-order valence-electron chi connectivity index (χ4n) is 5.50. The van der Waals surface area contributed by atoms with Crippen LogP contribution in [0.3, 0.4) is 0 Å². The Balaban J connectivity index is 2.00. The molecule has 1 fully saturated rings. The molecule has 3 aliphatic rings. The summed E-state index contributed by atoms with van der Waals surface area (Å²) < 4.78 is 0. The highest BCUT2D eigenvalue weighted by Crippen LogP contribution is 2.53. The van der Waals surface area contributed by atoms with Gasteiger partial charge in [-0.15, -0.1) is 0 Å². The lowest BCUT2D eigenvalue weighted by Crippen LogP contribution is -2.65. The Bertz CT molecular complexity index is 1220. The van der Waals surface area contributed by atoms with Gasteiger partial charge in [0.2, 0.25) is 5.78 Å². The first-order valence-electron chi connectivity index (χ1n) is 10.2. The van der Waals surface area contributed by atoms with Crippen LogP contribution in [0.15, 0.2) is 35.6 Å². The van der Waals surface area contributed by atoms with Crippen LogP contribution in [0.2, 0.25) is 0 Å². The average Bonchev–Trinajstić information content (AvgIpc) is 2.70. The second kappa shape index (κ2) is 7.44. The van der Waals surface area contributed by atoms with Crippen molar-refractivity contribution in [2.45, 2.75) is 24.5 Å². The van der Waals surface area contributed by atoms with Crippen LogP contribution in [0.1, 0.15) is 23.1 Å². The van der Waals surface area contributed by atoms with Gasteiger partial charge in [-0.25, -0.2) is 0 Å². The molecule has 1 saturated carbocycles. The minimum atomic E-state index is -2.66. The van der Waals surface area contributed by atoms with E-state index in [1.807, 2.05) is 0 Å². The Kier molecular flexibility index (Phi) is 5.19. The van der Waals surface area contributed by atoms with E-state index in [4.69, 9.17) is 17.3 Å². The number of carbonyl (C=O) groups is 3. The van der Waals surface area contributed by atoms with Crippen molar-refractivity contribution >= 4 is 39.9 Å². The number of amides is 1. The summed E-state index contributed by atoms with van der Waals surface area (Å²) in [7, 11) is 3.09. The molecule has 3 aliphatic carbocycles. The van der Waals surface area contributed by atoms with Crippen LogP contribution in [-0.4, -0.2) is 68.5 Å². The Morgan fingerprint density at radius 3 is 2.42 bits per heavy atom. The third-order valence-corrected chi connectivity index (χ3v) is 7.10. The predicted octanol–water partition coefficient (Wildman–Crippen LogP) is 1.17. The molecule has 0 saturated heterocycles. The third-order valence-electron chi connectivity index (χ3n) is 6.90. The number of Topliss-reactive ketones (excluding diaryl/α,β-unsaturated/α-hetero) is 2. The van der Waals surface area contributed by atoms with Gasteiger partial charge >= 0.3 is 0 Å². The van der Waals surface area contributed by atoms with E-state index in [1.165, 1.54) is 11.0 Å². The Hall–Kier alpha value is -3.14. The lowest BCUT2D eigenvalue weighted by Gasteiger charge is -2.50. The number of primary amides is 1. The van der Waals surface area contributed by atoms with E-state index in [9.17, 15) is 34.8 Å². The molecule has 1 aromatic rings. The number of carbonyl (C=O) groups excluding carboxylic acids is 3. The minimum absolute atomic E-state index is 0.00954. The maximum Gasteiger partial charge on any atom is 0.255 e. The molecular weight excluding hydrogens is 452 g/mol. The van der Waals surface area contributed by atoms with Crippen molar-refractivity contribution in [2.24, 2.45) is 17.6 Å². The van der Waals surface area contributed by atoms with Crippen LogP contribution in [0.4, 0.5) is 0 Å². The normalized spacial score (nSPS) is 29.1. The third kappa shape index (κ3) is 2.96. The van der Waals surface area contributed by atoms with Crippen molar-refractivity contribution in [2.75, 3.05) is 14.1 Å². The molecule has 1 amide bonds. The number of benzene rings is 1. The lowest BCUT2D eigenvalue weighted by atomic mass is 9.57. The fraction of sp³-hybridized carbons (Fsp3) is 0.348. The highest BCUT2D eigenvalue weighted by Gasteiger charge is 2.64. The zero-order chi connectivity index (χ0) is 24.6. The number of aliphatic hydroxyl groups excluding tert-OH is 2. The van der Waals surface area contributed by atoms with Crippen LogP contribution in [0.5, 0.6) is 5.75 Å². The van der Waals surface area contributed by atoms with E-state index in [0.29, 0.717) is 11.1 Å². The van der Waals surface area contributed by atoms with Gasteiger partial charge in [0.1, 0.15) is 22.8 Å². The molecule has 6 N–H and O–H groups in total. The van der Waals surface area contributed by atoms with E-state index >= 15 is 0 Å². The molecule has 9 nitrogen and oxygen atoms in total. The topological polar surface area (TPSA) is 161 Å². The molecule has 174 valence electrons. The molecule has 0 bridgehead atoms. The smallest absolute Gasteiger partial charge is 0.255 e. The number of halogens is 1. The number of rotatable bonds is 3. The quantitative estimate of drug-likeness (QED) is 0.408. The van der Waals surface area contributed by atoms with Gasteiger partial charge in [0.15, 0.2) is 11.4 Å². The van der Waals surface area contributed by atoms with Crippen LogP contribution >= 0.6 is 11.6 Å². The first-order chi connectivity index (χ1) is 15.3. The Labute approximate surface area is 194 Å². The predicted molar refractivity (Wildman–Crippen MR) is 119 cm³/mol. The fourth-order valence-corrected chi connectivity index (χ4v) is 5.68. The van der Waals surface area contributed by atoms with Gasteiger partial charge in [-0.1, -0.05) is 18.2 Å². The summed E-state index contributed by atoms with van der Waals surface area (Å²) in [5.41, 5.74) is 2.50. The molecular formula is C23H23ClN2O7. The van der Waals surface area contributed by atoms with Crippen LogP contribution in [0, 0.1) is 11.8 Å². The number of hydrogen-bond donors (Lipinski definition) is 5. The Morgan fingerprint density at radius 2 is 1.88 bits per heavy atom. The monoisotopic (exact) mass is 474 g/mol. The molecule has 0 aliphatic heterocycles. The standard InChI is InChI=1S/C23H23ClN2O7/c1-8(24)10-4-5-13(27)15-11(10)6-9-7-12-17(26(2)3)19(29)16(22(25)32)21(31)23(12,33)20(30)14(9)18(15)28/h4-5,9,12,17,27-28,31,33H,1,6-7H2,2-3H3,(H2,25,32). The van der Waals surface area contributed by atoms with Crippen LogP contribution in [0.25, 0.3) is 10.8 Å². The molecule has 4 atom stereocenters. The first kappa shape index (κ1) is 23.0. The molecule has 10 heteroatoms. The van der Waals surface area contributed by atoms with Gasteiger partial charge in [0, 0.05) is 16.5 Å². The molecule has 1 aromatic carbocycles. The van der Waals surface area contributed by atoms with Gasteiger partial charge in [0.05, 0.1) is 11.6 Å². The first-order valence-corrected chi connectivity index (χ1v) is 10.6. The Morgan fingerprint density at radius 1 is 1.24 bits per heavy atom. The summed E-state index contributed by atoms with van der Waals surface area (Å²) in [5.74, 6) is -6.92. The summed E-state index contributed by atoms with van der Waals surface area (Å²) in [6.07, 6.45) is 0.166. The molecule has 4 rings (SSSR count). The number of hydrogen-bond acceptors (Lipinski definition) is 8. The molecule has 4 unspecified atom stereocenters. The van der Waals surface area contributed by atoms with Gasteiger partial charge in [-0.3, -0.25) is 19.3 Å². The van der Waals surface area contributed by atoms with E-state index in [1.54, 1.807) is 20.2 Å². The maximum absolute atomic E-state index is 13.7. The van der Waals surface area contributed by atoms with Gasteiger partial charge in [0.25, 0.3) is 5.91 Å². The van der Waals surface area contributed by atoms with E-state index in [-0.39, 0.29) is 34.8 Å². The highest BCUT2D eigenvalue weighted by molar-refractivity contribution is 6.48. The second-order valence-electron chi connectivity index (χ2n) is 8.85. The maximum atomic E-state index is 13.7. The minimum Gasteiger partial charge on any atom is -0.508 e. The summed E-state index contributed by atoms with van der Waals surface area (Å²) in [6, 6.07) is 1.71. The molecule has 0 radical (unpaired) electrons. The highest BCUT2D eigenvalue weighted by atomic mass is 35.5. The number of aromatic hydroxyl groups is 1. The van der Waals surface area contributed by atoms with Crippen molar-refractivity contribution in [3.8, 4) is 5.75 Å². The van der Waals surface area contributed by atoms with Crippen molar-refractivity contribution in [1.82, 2.24) is 4.90 Å². The molecule has 0 spiro atoms. The van der Waals surface area contributed by atoms with Crippen molar-refractivity contribution < 1.29 is 34.8 Å². The number of ketones is 2. The molecule has 33 heavy (non-hydrogen) atoms. The summed E-state index contributed by atoms with van der Waals surface area (Å²) in [6.45, 7) is 3.71. The largest absolute Gasteiger partial charge is 0.508 e. The van der Waals surface area contributed by atoms with E-state index in [0.717, 1.165) is 0 Å². The van der Waals surface area contributed by atoms with Crippen molar-refractivity contribution in [1.29, 1.82) is 0 Å². The summed E-state index contributed by atoms with van der Waals surface area (Å²) >= 11 is 6.11. The number of nitrogens with zero attached hydrogens (tertiary/aromatic N) is 1. The number of aliphatic hydroxyl groups is 3. The lowest BCUT2D eigenvalue weighted by molar-refractivity contribution is -0.153. The number of likely N-dealkylation sites (N-methyl/N-ethyl adjacent to an activating group) is 1. The summed E-state index contributed by atoms with van der Waals surface area (Å²) in [5, 5.41) is 43.9. The number of phenolic OH excluding ortho intramolecular Hbond substituents is 1. The SMILES string of the molecule is C=C(Cl)c1ccc(O)c2c1CC1CC3C(N(C)C)C(=O)C(C(N)=O)=C(O)C3(O)C(=O)C1=C2O. The van der Waals surface area contributed by atoms with Crippen LogP contribution < -0.4 is 5.73 Å². The zero-order valence-corrected chi connectivity index (χ0v) is 18.7. The zero-order valence-electron chi connectivity index (χ0n) is 17.9. The number of fused-ring (bicyclic) bond motifs is 3. The average molecular weight is 475 g/mol. The summed E-state index contributed by atoms with van der Waals surface area (Å²) in [4.78, 5) is 40.1. The van der Waals surface area contributed by atoms with Crippen molar-refractivity contribution in [3.05, 3.63) is 52.3 Å². The van der Waals surface area contributed by atoms with Crippen molar-refractivity contribution in [3.63, 3.8) is 0 Å². The van der Waals surface area contributed by atoms with Gasteiger partial charge in [-0.2, -0.15) is 0 Å². The van der Waals surface area contributed by atoms with Gasteiger partial charge < -0.3 is 26.2 Å². The number of nitrogens with two attached hydrogens (primary N) is 1.